The van der Waals surface area contributed by atoms with Gasteiger partial charge in [0.1, 0.15) is 10.7 Å². The van der Waals surface area contributed by atoms with E-state index in [1.54, 1.807) is 12.1 Å². The van der Waals surface area contributed by atoms with Crippen molar-refractivity contribution in [1.82, 2.24) is 4.98 Å². The Kier molecular flexibility index (Phi) is 4.02. The first-order chi connectivity index (χ1) is 9.86. The molecule has 0 amide bonds. The molecule has 0 saturated carbocycles. The molecule has 1 aromatic heterocycles. The third kappa shape index (κ3) is 2.91. The number of hydrogen-bond donors (Lipinski definition) is 1. The molecule has 0 saturated heterocycles. The molecule has 0 aliphatic carbocycles. The average molecular weight is 323 g/mol. The molecule has 0 atom stereocenters. The predicted molar refractivity (Wildman–Crippen MR) is 80.4 cm³/mol. The summed E-state index contributed by atoms with van der Waals surface area (Å²) >= 11 is 5.80. The monoisotopic (exact) mass is 322 g/mol. The largest absolute Gasteiger partial charge is 0.382 e. The van der Waals surface area contributed by atoms with Crippen LogP contribution >= 0.6 is 11.6 Å². The second kappa shape index (κ2) is 5.60. The molecule has 108 valence electrons. The van der Waals surface area contributed by atoms with E-state index in [2.05, 4.69) is 4.98 Å². The summed E-state index contributed by atoms with van der Waals surface area (Å²) in [5, 5.41) is 8.82. The van der Waals surface area contributed by atoms with Gasteiger partial charge in [0.15, 0.2) is 0 Å². The smallest absolute Gasteiger partial charge is 0.265 e. The van der Waals surface area contributed by atoms with Gasteiger partial charge in [0.25, 0.3) is 10.0 Å². The van der Waals surface area contributed by atoms with E-state index in [9.17, 15) is 8.42 Å². The summed E-state index contributed by atoms with van der Waals surface area (Å²) in [5.74, 6) is 0.0663. The molecule has 0 unspecified atom stereocenters. The van der Waals surface area contributed by atoms with Gasteiger partial charge in [-0.25, -0.2) is 13.4 Å². The maximum absolute atomic E-state index is 12.5. The highest BCUT2D eigenvalue weighted by molar-refractivity contribution is 7.92. The number of sulfonamides is 1. The fourth-order valence-corrected chi connectivity index (χ4v) is 3.01. The van der Waals surface area contributed by atoms with E-state index in [1.807, 2.05) is 6.07 Å². The lowest BCUT2D eigenvalue weighted by atomic mass is 10.2. The van der Waals surface area contributed by atoms with E-state index in [-0.39, 0.29) is 15.7 Å². The number of benzene rings is 1. The first-order valence-corrected chi connectivity index (χ1v) is 7.58. The molecule has 1 aromatic carbocycles. The first kappa shape index (κ1) is 15.1. The number of aromatic nitrogens is 1. The van der Waals surface area contributed by atoms with Crippen LogP contribution in [0.3, 0.4) is 0 Å². The second-order valence-electron chi connectivity index (χ2n) is 4.17. The van der Waals surface area contributed by atoms with E-state index < -0.39 is 10.0 Å². The van der Waals surface area contributed by atoms with Gasteiger partial charge in [-0.2, -0.15) is 5.26 Å². The van der Waals surface area contributed by atoms with E-state index in [1.165, 1.54) is 25.2 Å². The SMILES string of the molecule is CN(c1ccc(C#N)cc1)S(=O)(=O)c1cnc(N)c(Cl)c1. The molecule has 21 heavy (non-hydrogen) atoms. The number of pyridine rings is 1. The van der Waals surface area contributed by atoms with Crippen LogP contribution in [0.15, 0.2) is 41.4 Å². The number of nitriles is 1. The minimum absolute atomic E-state index is 0.0615. The number of halogens is 1. The maximum Gasteiger partial charge on any atom is 0.265 e. The summed E-state index contributed by atoms with van der Waals surface area (Å²) in [4.78, 5) is 3.68. The zero-order chi connectivity index (χ0) is 15.6. The third-order valence-corrected chi connectivity index (χ3v) is 4.92. The van der Waals surface area contributed by atoms with Gasteiger partial charge in [0.05, 0.1) is 22.3 Å². The number of hydrogen-bond acceptors (Lipinski definition) is 5. The van der Waals surface area contributed by atoms with Crippen molar-refractivity contribution < 1.29 is 8.42 Å². The molecule has 2 N–H and O–H groups in total. The fourth-order valence-electron chi connectivity index (χ4n) is 1.61. The second-order valence-corrected chi connectivity index (χ2v) is 6.55. The van der Waals surface area contributed by atoms with Crippen LogP contribution < -0.4 is 10.0 Å². The number of nitrogens with two attached hydrogens (primary N) is 1. The highest BCUT2D eigenvalue weighted by Gasteiger charge is 2.22. The molecule has 2 aromatic rings. The Labute approximate surface area is 127 Å². The van der Waals surface area contributed by atoms with Crippen molar-refractivity contribution in [2.45, 2.75) is 4.90 Å². The van der Waals surface area contributed by atoms with Crippen molar-refractivity contribution in [2.24, 2.45) is 0 Å². The molecule has 0 aliphatic heterocycles. The fraction of sp³-hybridized carbons (Fsp3) is 0.0769. The first-order valence-electron chi connectivity index (χ1n) is 5.76. The molecule has 0 aliphatic rings. The Balaban J connectivity index is 2.42. The Morgan fingerprint density at radius 2 is 1.95 bits per heavy atom. The van der Waals surface area contributed by atoms with Crippen LogP contribution in [-0.2, 0) is 10.0 Å². The average Bonchev–Trinajstić information content (AvgIpc) is 2.49. The van der Waals surface area contributed by atoms with E-state index >= 15 is 0 Å². The minimum Gasteiger partial charge on any atom is -0.382 e. The van der Waals surface area contributed by atoms with Gasteiger partial charge in [0, 0.05) is 13.2 Å². The zero-order valence-corrected chi connectivity index (χ0v) is 12.6. The number of nitrogens with zero attached hydrogens (tertiary/aromatic N) is 3. The molecular formula is C13H11ClN4O2S. The lowest BCUT2D eigenvalue weighted by molar-refractivity contribution is 0.594. The van der Waals surface area contributed by atoms with Gasteiger partial charge < -0.3 is 5.73 Å². The molecule has 0 bridgehead atoms. The predicted octanol–water partition coefficient (Wildman–Crippen LogP) is 2.01. The molecule has 1 heterocycles. The Morgan fingerprint density at radius 1 is 1.33 bits per heavy atom. The van der Waals surface area contributed by atoms with Gasteiger partial charge in [-0.1, -0.05) is 11.6 Å². The molecule has 0 fully saturated rings. The highest BCUT2D eigenvalue weighted by Crippen LogP contribution is 2.25. The lowest BCUT2D eigenvalue weighted by Gasteiger charge is -2.19. The van der Waals surface area contributed by atoms with Gasteiger partial charge in [-0.15, -0.1) is 0 Å². The van der Waals surface area contributed by atoms with Gasteiger partial charge in [-0.3, -0.25) is 4.31 Å². The number of rotatable bonds is 3. The summed E-state index contributed by atoms with van der Waals surface area (Å²) < 4.78 is 26.0. The summed E-state index contributed by atoms with van der Waals surface area (Å²) in [6.45, 7) is 0. The molecule has 6 nitrogen and oxygen atoms in total. The molecular weight excluding hydrogens is 312 g/mol. The normalized spacial score (nSPS) is 10.9. The van der Waals surface area contributed by atoms with Crippen LogP contribution in [0, 0.1) is 11.3 Å². The lowest BCUT2D eigenvalue weighted by Crippen LogP contribution is -2.26. The summed E-state index contributed by atoms with van der Waals surface area (Å²) in [6, 6.07) is 9.38. The van der Waals surface area contributed by atoms with Crippen LogP contribution in [0.25, 0.3) is 0 Å². The van der Waals surface area contributed by atoms with Gasteiger partial charge in [-0.05, 0) is 30.3 Å². The molecule has 0 radical (unpaired) electrons. The van der Waals surface area contributed by atoms with Crippen LogP contribution in [0.1, 0.15) is 5.56 Å². The van der Waals surface area contributed by atoms with Crippen LogP contribution in [-0.4, -0.2) is 20.4 Å². The number of anilines is 2. The maximum atomic E-state index is 12.5. The standard InChI is InChI=1S/C13H11ClN4O2S/c1-18(10-4-2-9(7-15)3-5-10)21(19,20)11-6-12(14)13(16)17-8-11/h2-6,8H,1H3,(H2,16,17). The molecule has 8 heteroatoms. The van der Waals surface area contributed by atoms with Crippen molar-refractivity contribution in [3.63, 3.8) is 0 Å². The van der Waals surface area contributed by atoms with Crippen molar-refractivity contribution in [3.05, 3.63) is 47.1 Å². The third-order valence-electron chi connectivity index (χ3n) is 2.86. The minimum atomic E-state index is -3.80. The van der Waals surface area contributed by atoms with Gasteiger partial charge in [0.2, 0.25) is 0 Å². The van der Waals surface area contributed by atoms with Crippen molar-refractivity contribution in [2.75, 3.05) is 17.1 Å². The molecule has 0 spiro atoms. The summed E-state index contributed by atoms with van der Waals surface area (Å²) in [6.07, 6.45) is 1.15. The van der Waals surface area contributed by atoms with Crippen LogP contribution in [0.5, 0.6) is 0 Å². The Bertz CT molecular complexity index is 813. The zero-order valence-electron chi connectivity index (χ0n) is 11.0. The van der Waals surface area contributed by atoms with Crippen LogP contribution in [0.4, 0.5) is 11.5 Å². The van der Waals surface area contributed by atoms with Crippen molar-refractivity contribution in [1.29, 1.82) is 5.26 Å². The highest BCUT2D eigenvalue weighted by atomic mass is 35.5. The van der Waals surface area contributed by atoms with Crippen molar-refractivity contribution >= 4 is 33.1 Å². The van der Waals surface area contributed by atoms with Crippen molar-refractivity contribution in [3.8, 4) is 6.07 Å². The Morgan fingerprint density at radius 3 is 2.48 bits per heavy atom. The van der Waals surface area contributed by atoms with E-state index in [4.69, 9.17) is 22.6 Å². The van der Waals surface area contributed by atoms with E-state index in [0.29, 0.717) is 11.3 Å². The number of nitrogen functional groups attached to an aromatic ring is 1. The topological polar surface area (TPSA) is 100 Å². The summed E-state index contributed by atoms with van der Waals surface area (Å²) in [7, 11) is -2.40. The summed E-state index contributed by atoms with van der Waals surface area (Å²) in [5.41, 5.74) is 6.33. The van der Waals surface area contributed by atoms with Gasteiger partial charge >= 0.3 is 0 Å². The Hall–Kier alpha value is -2.30. The quantitative estimate of drug-likeness (QED) is 0.931. The van der Waals surface area contributed by atoms with Crippen LogP contribution in [0.2, 0.25) is 5.02 Å². The molecule has 2 rings (SSSR count). The van der Waals surface area contributed by atoms with E-state index in [0.717, 1.165) is 10.5 Å².